The Kier molecular flexibility index (Phi) is 5.33. The number of hydrogen-bond acceptors (Lipinski definition) is 6. The highest BCUT2D eigenvalue weighted by Gasteiger charge is 2.14. The van der Waals surface area contributed by atoms with Crippen molar-refractivity contribution in [1.82, 2.24) is 19.6 Å². The van der Waals surface area contributed by atoms with Crippen molar-refractivity contribution in [2.45, 2.75) is 38.5 Å². The van der Waals surface area contributed by atoms with Gasteiger partial charge in [-0.1, -0.05) is 42.1 Å². The van der Waals surface area contributed by atoms with Gasteiger partial charge in [-0.25, -0.2) is 9.50 Å². The van der Waals surface area contributed by atoms with Crippen LogP contribution in [-0.4, -0.2) is 31.8 Å². The van der Waals surface area contributed by atoms with Crippen molar-refractivity contribution in [3.05, 3.63) is 52.8 Å². The Labute approximate surface area is 150 Å². The Hall–Kier alpha value is -2.41. The van der Waals surface area contributed by atoms with Crippen molar-refractivity contribution in [2.75, 3.05) is 6.26 Å². The molecule has 0 aliphatic rings. The Morgan fingerprint density at radius 2 is 1.96 bits per heavy atom. The van der Waals surface area contributed by atoms with E-state index in [2.05, 4.69) is 15.1 Å². The quantitative estimate of drug-likeness (QED) is 0.499. The molecule has 2 aromatic heterocycles. The molecule has 3 aromatic rings. The maximum absolute atomic E-state index is 12.0. The molecule has 0 aliphatic carbocycles. The zero-order chi connectivity index (χ0) is 17.8. The molecule has 0 unspecified atom stereocenters. The lowest BCUT2D eigenvalue weighted by Gasteiger charge is -2.10. The van der Waals surface area contributed by atoms with Crippen LogP contribution in [0.5, 0.6) is 0 Å². The van der Waals surface area contributed by atoms with Crippen molar-refractivity contribution >= 4 is 23.5 Å². The first-order valence-corrected chi connectivity index (χ1v) is 9.27. The van der Waals surface area contributed by atoms with Crippen molar-refractivity contribution in [3.8, 4) is 0 Å². The molecule has 0 atom stereocenters. The van der Waals surface area contributed by atoms with Gasteiger partial charge in [0.2, 0.25) is 5.16 Å². The number of thioether (sulfide) groups is 1. The van der Waals surface area contributed by atoms with Crippen LogP contribution in [0.4, 0.5) is 0 Å². The summed E-state index contributed by atoms with van der Waals surface area (Å²) in [6.07, 6.45) is 2.81. The minimum absolute atomic E-state index is 0.217. The molecule has 25 heavy (non-hydrogen) atoms. The maximum Gasteiger partial charge on any atom is 0.306 e. The number of carbonyl (C=O) groups excluding carboxylic acids is 1. The molecule has 0 fully saturated rings. The molecular formula is C18H20N4O2S. The average Bonchev–Trinajstić information content (AvgIpc) is 3.04. The summed E-state index contributed by atoms with van der Waals surface area (Å²) in [5.74, 6) is 0.376. The highest BCUT2D eigenvalue weighted by atomic mass is 32.2. The normalized spacial score (nSPS) is 11.0. The molecule has 1 aromatic carbocycles. The fourth-order valence-corrected chi connectivity index (χ4v) is 3.01. The van der Waals surface area contributed by atoms with Gasteiger partial charge in [0.1, 0.15) is 6.61 Å². The molecule has 0 spiro atoms. The molecule has 0 N–H and O–H groups in total. The first-order chi connectivity index (χ1) is 12.1. The fourth-order valence-electron chi connectivity index (χ4n) is 2.68. The largest absolute Gasteiger partial charge is 0.461 e. The minimum atomic E-state index is -0.217. The van der Waals surface area contributed by atoms with E-state index in [1.165, 1.54) is 11.8 Å². The molecule has 0 saturated carbocycles. The highest BCUT2D eigenvalue weighted by molar-refractivity contribution is 7.98. The minimum Gasteiger partial charge on any atom is -0.461 e. The van der Waals surface area contributed by atoms with Crippen LogP contribution in [0.25, 0.3) is 5.78 Å². The standard InChI is InChI=1S/C18H20N4O2S/c1-12-15(13(2)22-17(19-12)20-18(21-22)25-3)9-10-16(23)24-11-14-7-5-4-6-8-14/h4-8H,9-11H2,1-3H3. The summed E-state index contributed by atoms with van der Waals surface area (Å²) in [6.45, 7) is 4.21. The van der Waals surface area contributed by atoms with Crippen LogP contribution in [-0.2, 0) is 22.6 Å². The third-order valence-electron chi connectivity index (χ3n) is 4.03. The van der Waals surface area contributed by atoms with Gasteiger partial charge in [0.15, 0.2) is 0 Å². The van der Waals surface area contributed by atoms with Crippen LogP contribution in [0, 0.1) is 13.8 Å². The second kappa shape index (κ2) is 7.65. The van der Waals surface area contributed by atoms with Crippen molar-refractivity contribution in [3.63, 3.8) is 0 Å². The molecule has 3 rings (SSSR count). The van der Waals surface area contributed by atoms with Gasteiger partial charge >= 0.3 is 5.97 Å². The van der Waals surface area contributed by atoms with E-state index in [1.807, 2.05) is 50.4 Å². The average molecular weight is 356 g/mol. The summed E-state index contributed by atoms with van der Waals surface area (Å²) >= 11 is 1.48. The number of rotatable bonds is 6. The van der Waals surface area contributed by atoms with Gasteiger partial charge in [0.25, 0.3) is 5.78 Å². The van der Waals surface area contributed by atoms with E-state index in [9.17, 15) is 4.79 Å². The molecule has 0 aliphatic heterocycles. The van der Waals surface area contributed by atoms with Crippen LogP contribution in [0.2, 0.25) is 0 Å². The van der Waals surface area contributed by atoms with E-state index >= 15 is 0 Å². The van der Waals surface area contributed by atoms with E-state index < -0.39 is 0 Å². The van der Waals surface area contributed by atoms with Crippen LogP contribution < -0.4 is 0 Å². The number of carbonyl (C=O) groups is 1. The van der Waals surface area contributed by atoms with E-state index in [1.54, 1.807) is 4.52 Å². The van der Waals surface area contributed by atoms with Crippen LogP contribution in [0.1, 0.15) is 28.9 Å². The molecule has 2 heterocycles. The molecule has 130 valence electrons. The van der Waals surface area contributed by atoms with Gasteiger partial charge in [-0.2, -0.15) is 4.98 Å². The predicted octanol–water partition coefficient (Wildman–Crippen LogP) is 3.14. The van der Waals surface area contributed by atoms with E-state index in [4.69, 9.17) is 4.74 Å². The number of ether oxygens (including phenoxy) is 1. The Morgan fingerprint density at radius 1 is 1.20 bits per heavy atom. The number of aryl methyl sites for hydroxylation is 2. The maximum atomic E-state index is 12.0. The van der Waals surface area contributed by atoms with Crippen molar-refractivity contribution < 1.29 is 9.53 Å². The van der Waals surface area contributed by atoms with Crippen molar-refractivity contribution in [2.24, 2.45) is 0 Å². The summed E-state index contributed by atoms with van der Waals surface area (Å²) < 4.78 is 7.08. The highest BCUT2D eigenvalue weighted by Crippen LogP contribution is 2.18. The molecule has 0 saturated heterocycles. The summed E-state index contributed by atoms with van der Waals surface area (Å²) in [5.41, 5.74) is 3.84. The first kappa shape index (κ1) is 17.4. The predicted molar refractivity (Wildman–Crippen MR) is 96.6 cm³/mol. The third-order valence-corrected chi connectivity index (χ3v) is 4.57. The molecule has 0 bridgehead atoms. The molecular weight excluding hydrogens is 336 g/mol. The van der Waals surface area contributed by atoms with E-state index in [-0.39, 0.29) is 5.97 Å². The third kappa shape index (κ3) is 3.99. The summed E-state index contributed by atoms with van der Waals surface area (Å²) in [4.78, 5) is 20.9. The van der Waals surface area contributed by atoms with Crippen LogP contribution in [0.3, 0.4) is 0 Å². The van der Waals surface area contributed by atoms with Crippen molar-refractivity contribution in [1.29, 1.82) is 0 Å². The van der Waals surface area contributed by atoms with Gasteiger partial charge in [0, 0.05) is 17.8 Å². The SMILES string of the molecule is CSc1nc2nc(C)c(CCC(=O)OCc3ccccc3)c(C)n2n1. The summed E-state index contributed by atoms with van der Waals surface area (Å²) in [5, 5.41) is 5.11. The summed E-state index contributed by atoms with van der Waals surface area (Å²) in [6, 6.07) is 9.67. The second-order valence-corrected chi connectivity index (χ2v) is 6.49. The Balaban J connectivity index is 1.67. The number of aromatic nitrogens is 4. The van der Waals surface area contributed by atoms with Crippen LogP contribution >= 0.6 is 11.8 Å². The van der Waals surface area contributed by atoms with E-state index in [0.29, 0.717) is 30.4 Å². The molecule has 0 amide bonds. The zero-order valence-corrected chi connectivity index (χ0v) is 15.3. The Morgan fingerprint density at radius 3 is 2.68 bits per heavy atom. The second-order valence-electron chi connectivity index (χ2n) is 5.72. The van der Waals surface area contributed by atoms with Gasteiger partial charge in [-0.15, -0.1) is 5.10 Å². The van der Waals surface area contributed by atoms with Gasteiger partial charge < -0.3 is 4.74 Å². The fraction of sp³-hybridized carbons (Fsp3) is 0.333. The van der Waals surface area contributed by atoms with Gasteiger partial charge in [-0.3, -0.25) is 4.79 Å². The topological polar surface area (TPSA) is 69.4 Å². The number of benzene rings is 1. The molecule has 0 radical (unpaired) electrons. The monoisotopic (exact) mass is 356 g/mol. The zero-order valence-electron chi connectivity index (χ0n) is 14.5. The molecule has 6 nitrogen and oxygen atoms in total. The lowest BCUT2D eigenvalue weighted by Crippen LogP contribution is -2.10. The van der Waals surface area contributed by atoms with E-state index in [0.717, 1.165) is 22.5 Å². The number of fused-ring (bicyclic) bond motifs is 1. The summed E-state index contributed by atoms with van der Waals surface area (Å²) in [7, 11) is 0. The first-order valence-electron chi connectivity index (χ1n) is 8.05. The van der Waals surface area contributed by atoms with Gasteiger partial charge in [-0.05, 0) is 37.7 Å². The lowest BCUT2D eigenvalue weighted by molar-refractivity contribution is -0.144. The smallest absolute Gasteiger partial charge is 0.306 e. The van der Waals surface area contributed by atoms with Crippen LogP contribution in [0.15, 0.2) is 35.5 Å². The number of hydrogen-bond donors (Lipinski definition) is 0. The molecule has 7 heteroatoms. The number of esters is 1. The Bertz CT molecular complexity index is 893. The van der Waals surface area contributed by atoms with Gasteiger partial charge in [0.05, 0.1) is 0 Å². The number of nitrogens with zero attached hydrogens (tertiary/aromatic N) is 4. The lowest BCUT2D eigenvalue weighted by atomic mass is 10.1.